The van der Waals surface area contributed by atoms with Gasteiger partial charge in [0.2, 0.25) is 0 Å². The van der Waals surface area contributed by atoms with Crippen LogP contribution in [0.3, 0.4) is 0 Å². The predicted octanol–water partition coefficient (Wildman–Crippen LogP) is 4.58. The van der Waals surface area contributed by atoms with Crippen LogP contribution < -0.4 is 9.64 Å². The molecule has 0 amide bonds. The van der Waals surface area contributed by atoms with E-state index in [1.54, 1.807) is 12.1 Å². The SMILES string of the molecule is O=C(O)C[C@@H]1CCCN1c1ccc(Oc2cccc(Cl)c2)cc1. The Morgan fingerprint density at radius 1 is 1.22 bits per heavy atom. The summed E-state index contributed by atoms with van der Waals surface area (Å²) in [5.74, 6) is 0.669. The minimum absolute atomic E-state index is 0.0761. The maximum atomic E-state index is 11.0. The van der Waals surface area contributed by atoms with Crippen molar-refractivity contribution in [3.63, 3.8) is 0 Å². The third kappa shape index (κ3) is 3.96. The lowest BCUT2D eigenvalue weighted by Crippen LogP contribution is -2.31. The zero-order valence-electron chi connectivity index (χ0n) is 12.6. The number of carboxylic acid groups (broad SMARTS) is 1. The van der Waals surface area contributed by atoms with Crippen molar-refractivity contribution < 1.29 is 14.6 Å². The second-order valence-corrected chi connectivity index (χ2v) is 6.08. The Morgan fingerprint density at radius 3 is 2.70 bits per heavy atom. The average molecular weight is 332 g/mol. The molecule has 4 nitrogen and oxygen atoms in total. The van der Waals surface area contributed by atoms with Crippen molar-refractivity contribution in [3.05, 3.63) is 53.6 Å². The fourth-order valence-electron chi connectivity index (χ4n) is 2.96. The van der Waals surface area contributed by atoms with Crippen LogP contribution in [0.5, 0.6) is 11.5 Å². The van der Waals surface area contributed by atoms with E-state index in [0.29, 0.717) is 10.8 Å². The number of hydrogen-bond acceptors (Lipinski definition) is 3. The largest absolute Gasteiger partial charge is 0.481 e. The quantitative estimate of drug-likeness (QED) is 0.871. The summed E-state index contributed by atoms with van der Waals surface area (Å²) in [7, 11) is 0. The lowest BCUT2D eigenvalue weighted by Gasteiger charge is -2.25. The molecular weight excluding hydrogens is 314 g/mol. The Morgan fingerprint density at radius 2 is 2.00 bits per heavy atom. The number of rotatable bonds is 5. The van der Waals surface area contributed by atoms with Gasteiger partial charge in [-0.05, 0) is 55.3 Å². The van der Waals surface area contributed by atoms with Crippen molar-refractivity contribution in [2.24, 2.45) is 0 Å². The maximum absolute atomic E-state index is 11.0. The monoisotopic (exact) mass is 331 g/mol. The summed E-state index contributed by atoms with van der Waals surface area (Å²) in [6.07, 6.45) is 2.13. The highest BCUT2D eigenvalue weighted by Gasteiger charge is 2.26. The number of halogens is 1. The fraction of sp³-hybridized carbons (Fsp3) is 0.278. The van der Waals surface area contributed by atoms with Crippen molar-refractivity contribution in [1.82, 2.24) is 0 Å². The van der Waals surface area contributed by atoms with Gasteiger partial charge in [-0.2, -0.15) is 0 Å². The molecule has 120 valence electrons. The van der Waals surface area contributed by atoms with Crippen molar-refractivity contribution in [1.29, 1.82) is 0 Å². The van der Waals surface area contributed by atoms with Gasteiger partial charge in [-0.3, -0.25) is 4.79 Å². The molecule has 5 heteroatoms. The normalized spacial score (nSPS) is 17.3. The molecular formula is C18H18ClNO3. The number of anilines is 1. The Hall–Kier alpha value is -2.20. The Bertz CT molecular complexity index is 687. The summed E-state index contributed by atoms with van der Waals surface area (Å²) in [5, 5.41) is 9.64. The van der Waals surface area contributed by atoms with E-state index >= 15 is 0 Å². The molecule has 1 N–H and O–H groups in total. The van der Waals surface area contributed by atoms with E-state index < -0.39 is 5.97 Å². The molecule has 0 bridgehead atoms. The van der Waals surface area contributed by atoms with E-state index in [1.165, 1.54) is 0 Å². The first kappa shape index (κ1) is 15.7. The third-order valence-electron chi connectivity index (χ3n) is 3.99. The lowest BCUT2D eigenvalue weighted by atomic mass is 10.1. The zero-order chi connectivity index (χ0) is 16.2. The van der Waals surface area contributed by atoms with Gasteiger partial charge in [0.15, 0.2) is 0 Å². The summed E-state index contributed by atoms with van der Waals surface area (Å²) in [6, 6.07) is 15.1. The molecule has 23 heavy (non-hydrogen) atoms. The highest BCUT2D eigenvalue weighted by Crippen LogP contribution is 2.30. The van der Waals surface area contributed by atoms with Crippen molar-refractivity contribution >= 4 is 23.3 Å². The summed E-state index contributed by atoms with van der Waals surface area (Å²) in [5.41, 5.74) is 1.03. The van der Waals surface area contributed by atoms with Crippen LogP contribution in [0.2, 0.25) is 5.02 Å². The Balaban J connectivity index is 1.70. The minimum atomic E-state index is -0.747. The zero-order valence-corrected chi connectivity index (χ0v) is 13.4. The molecule has 1 heterocycles. The van der Waals surface area contributed by atoms with Gasteiger partial charge in [0, 0.05) is 23.3 Å². The van der Waals surface area contributed by atoms with Gasteiger partial charge in [-0.1, -0.05) is 17.7 Å². The van der Waals surface area contributed by atoms with Crippen LogP contribution in [0.1, 0.15) is 19.3 Å². The smallest absolute Gasteiger partial charge is 0.305 e. The minimum Gasteiger partial charge on any atom is -0.481 e. The molecule has 1 saturated heterocycles. The van der Waals surface area contributed by atoms with Crippen LogP contribution in [-0.2, 0) is 4.79 Å². The van der Waals surface area contributed by atoms with Crippen LogP contribution in [-0.4, -0.2) is 23.7 Å². The van der Waals surface area contributed by atoms with E-state index in [-0.39, 0.29) is 12.5 Å². The summed E-state index contributed by atoms with van der Waals surface area (Å²) < 4.78 is 5.77. The lowest BCUT2D eigenvalue weighted by molar-refractivity contribution is -0.137. The van der Waals surface area contributed by atoms with Gasteiger partial charge in [-0.25, -0.2) is 0 Å². The highest BCUT2D eigenvalue weighted by molar-refractivity contribution is 6.30. The molecule has 0 aromatic heterocycles. The maximum Gasteiger partial charge on any atom is 0.305 e. The van der Waals surface area contributed by atoms with E-state index in [0.717, 1.165) is 30.8 Å². The van der Waals surface area contributed by atoms with E-state index in [9.17, 15) is 4.79 Å². The van der Waals surface area contributed by atoms with Crippen LogP contribution >= 0.6 is 11.6 Å². The summed E-state index contributed by atoms with van der Waals surface area (Å²) >= 11 is 5.95. The third-order valence-corrected chi connectivity index (χ3v) is 4.22. The summed E-state index contributed by atoms with van der Waals surface area (Å²) in [6.45, 7) is 0.895. The van der Waals surface area contributed by atoms with Crippen LogP contribution in [0.25, 0.3) is 0 Å². The van der Waals surface area contributed by atoms with Crippen molar-refractivity contribution in [2.75, 3.05) is 11.4 Å². The molecule has 0 spiro atoms. The molecule has 1 atom stereocenters. The van der Waals surface area contributed by atoms with Gasteiger partial charge in [-0.15, -0.1) is 0 Å². The van der Waals surface area contributed by atoms with Gasteiger partial charge in [0.25, 0.3) is 0 Å². The van der Waals surface area contributed by atoms with E-state index in [1.807, 2.05) is 36.4 Å². The Kier molecular flexibility index (Phi) is 4.72. The molecule has 2 aromatic carbocycles. The second kappa shape index (κ2) is 6.92. The van der Waals surface area contributed by atoms with E-state index in [2.05, 4.69) is 4.90 Å². The molecule has 3 rings (SSSR count). The molecule has 0 aliphatic carbocycles. The van der Waals surface area contributed by atoms with Crippen LogP contribution in [0.4, 0.5) is 5.69 Å². The Labute approximate surface area is 140 Å². The molecule has 1 aliphatic heterocycles. The van der Waals surface area contributed by atoms with Gasteiger partial charge in [0.05, 0.1) is 6.42 Å². The molecule has 2 aromatic rings. The number of aliphatic carboxylic acids is 1. The molecule has 0 unspecified atom stereocenters. The van der Waals surface area contributed by atoms with E-state index in [4.69, 9.17) is 21.4 Å². The number of benzene rings is 2. The van der Waals surface area contributed by atoms with Crippen LogP contribution in [0, 0.1) is 0 Å². The first-order valence-corrected chi connectivity index (χ1v) is 8.01. The highest BCUT2D eigenvalue weighted by atomic mass is 35.5. The topological polar surface area (TPSA) is 49.8 Å². The number of ether oxygens (including phenoxy) is 1. The first-order valence-electron chi connectivity index (χ1n) is 7.64. The van der Waals surface area contributed by atoms with Gasteiger partial charge >= 0.3 is 5.97 Å². The number of carboxylic acids is 1. The molecule has 1 fully saturated rings. The van der Waals surface area contributed by atoms with Crippen molar-refractivity contribution in [3.8, 4) is 11.5 Å². The number of nitrogens with zero attached hydrogens (tertiary/aromatic N) is 1. The number of carbonyl (C=O) groups is 1. The fourth-order valence-corrected chi connectivity index (χ4v) is 3.14. The first-order chi connectivity index (χ1) is 11.1. The van der Waals surface area contributed by atoms with Crippen LogP contribution in [0.15, 0.2) is 48.5 Å². The van der Waals surface area contributed by atoms with Gasteiger partial charge in [0.1, 0.15) is 11.5 Å². The predicted molar refractivity (Wildman–Crippen MR) is 90.6 cm³/mol. The number of hydrogen-bond donors (Lipinski definition) is 1. The summed E-state index contributed by atoms with van der Waals surface area (Å²) in [4.78, 5) is 13.1. The molecule has 0 saturated carbocycles. The molecule has 0 radical (unpaired) electrons. The van der Waals surface area contributed by atoms with Gasteiger partial charge < -0.3 is 14.7 Å². The standard InChI is InChI=1S/C18H18ClNO3/c19-13-3-1-5-17(11-13)23-16-8-6-14(7-9-16)20-10-2-4-15(20)12-18(21)22/h1,3,5-9,11,15H,2,4,10,12H2,(H,21,22)/t15-/m0/s1. The molecule has 1 aliphatic rings. The second-order valence-electron chi connectivity index (χ2n) is 5.64. The average Bonchev–Trinajstić information content (AvgIpc) is 2.95. The van der Waals surface area contributed by atoms with Crippen molar-refractivity contribution in [2.45, 2.75) is 25.3 Å².